The Morgan fingerprint density at radius 1 is 1.00 bits per heavy atom. The van der Waals surface area contributed by atoms with E-state index in [1.54, 1.807) is 19.2 Å². The second kappa shape index (κ2) is 7.85. The summed E-state index contributed by atoms with van der Waals surface area (Å²) in [5.74, 6) is 0.812. The highest BCUT2D eigenvalue weighted by Crippen LogP contribution is 2.43. The number of carbonyl (C=O) groups excluding carboxylic acids is 1. The standard InChI is InChI=1S/C26H27N3O2S/c1-16(2)27-15-29(28-12-11-22(30)18(4)24(28)26(27)31)25-20-8-6-5-7-19(20)14-32-23-10-9-17(3)13-21(23)25/h5-13,16,25H,14-15H2,1-4H3. The Morgan fingerprint density at radius 2 is 1.78 bits per heavy atom. The Hall–Kier alpha value is -2.99. The van der Waals surface area contributed by atoms with E-state index >= 15 is 0 Å². The average molecular weight is 446 g/mol. The molecule has 1 aromatic heterocycles. The Bertz CT molecular complexity index is 1280. The normalized spacial score (nSPS) is 17.7. The van der Waals surface area contributed by atoms with Gasteiger partial charge in [-0.3, -0.25) is 19.3 Å². The van der Waals surface area contributed by atoms with Gasteiger partial charge in [0, 0.05) is 34.5 Å². The van der Waals surface area contributed by atoms with Crippen LogP contribution in [-0.2, 0) is 5.75 Å². The lowest BCUT2D eigenvalue weighted by atomic mass is 9.93. The van der Waals surface area contributed by atoms with Crippen molar-refractivity contribution in [2.75, 3.05) is 11.7 Å². The Kier molecular flexibility index (Phi) is 5.13. The van der Waals surface area contributed by atoms with E-state index in [4.69, 9.17) is 0 Å². The largest absolute Gasteiger partial charge is 0.316 e. The number of carbonyl (C=O) groups is 1. The summed E-state index contributed by atoms with van der Waals surface area (Å²) in [6.07, 6.45) is 1.76. The van der Waals surface area contributed by atoms with Gasteiger partial charge >= 0.3 is 0 Å². The number of aryl methyl sites for hydroxylation is 1. The SMILES string of the molecule is Cc1ccc2c(c1)C(N1CN(C(C)C)C(=O)c3c(C)c(=O)ccn31)c1ccccc1CS2. The van der Waals surface area contributed by atoms with Gasteiger partial charge in [0.1, 0.15) is 12.4 Å². The maximum Gasteiger partial charge on any atom is 0.274 e. The van der Waals surface area contributed by atoms with Crippen molar-refractivity contribution in [3.05, 3.63) is 98.5 Å². The fourth-order valence-corrected chi connectivity index (χ4v) is 5.79. The van der Waals surface area contributed by atoms with Gasteiger partial charge in [0.25, 0.3) is 5.91 Å². The van der Waals surface area contributed by atoms with Gasteiger partial charge in [0.2, 0.25) is 0 Å². The smallest absolute Gasteiger partial charge is 0.274 e. The number of aromatic nitrogens is 1. The van der Waals surface area contributed by atoms with E-state index < -0.39 is 0 Å². The van der Waals surface area contributed by atoms with E-state index in [0.717, 1.165) is 5.75 Å². The van der Waals surface area contributed by atoms with Crippen LogP contribution in [0.15, 0.2) is 64.4 Å². The number of fused-ring (bicyclic) bond motifs is 3. The number of thioether (sulfide) groups is 1. The van der Waals surface area contributed by atoms with Gasteiger partial charge in [-0.15, -0.1) is 11.8 Å². The second-order valence-corrected chi connectivity index (χ2v) is 9.90. The van der Waals surface area contributed by atoms with Crippen LogP contribution in [0, 0.1) is 13.8 Å². The summed E-state index contributed by atoms with van der Waals surface area (Å²) in [5.41, 5.74) is 5.82. The van der Waals surface area contributed by atoms with Crippen molar-refractivity contribution in [2.45, 2.75) is 50.4 Å². The molecule has 0 fully saturated rings. The van der Waals surface area contributed by atoms with Gasteiger partial charge in [0.15, 0.2) is 5.43 Å². The van der Waals surface area contributed by atoms with Crippen molar-refractivity contribution in [2.24, 2.45) is 0 Å². The molecular formula is C26H27N3O2S. The minimum absolute atomic E-state index is 0.0147. The Balaban J connectivity index is 1.80. The van der Waals surface area contributed by atoms with Crippen LogP contribution in [0.25, 0.3) is 0 Å². The molecule has 3 heterocycles. The Morgan fingerprint density at radius 3 is 2.56 bits per heavy atom. The summed E-state index contributed by atoms with van der Waals surface area (Å²) in [6, 6.07) is 16.7. The first-order valence-corrected chi connectivity index (χ1v) is 12.0. The summed E-state index contributed by atoms with van der Waals surface area (Å²) in [6.45, 7) is 8.37. The predicted octanol–water partition coefficient (Wildman–Crippen LogP) is 4.62. The molecule has 164 valence electrons. The van der Waals surface area contributed by atoms with Gasteiger partial charge in [-0.25, -0.2) is 0 Å². The highest BCUT2D eigenvalue weighted by Gasteiger charge is 2.38. The van der Waals surface area contributed by atoms with Crippen molar-refractivity contribution >= 4 is 17.7 Å². The molecule has 0 saturated heterocycles. The molecule has 0 radical (unpaired) electrons. The lowest BCUT2D eigenvalue weighted by Gasteiger charge is -2.45. The van der Waals surface area contributed by atoms with Crippen molar-refractivity contribution in [3.8, 4) is 0 Å². The molecule has 2 aliphatic heterocycles. The van der Waals surface area contributed by atoms with Crippen LogP contribution in [0.5, 0.6) is 0 Å². The minimum atomic E-state index is -0.108. The molecule has 5 nitrogen and oxygen atoms in total. The van der Waals surface area contributed by atoms with Gasteiger partial charge in [-0.2, -0.15) is 0 Å². The van der Waals surface area contributed by atoms with Gasteiger partial charge in [0.05, 0.1) is 6.04 Å². The zero-order valence-corrected chi connectivity index (χ0v) is 19.6. The van der Waals surface area contributed by atoms with Crippen LogP contribution in [0.4, 0.5) is 0 Å². The van der Waals surface area contributed by atoms with E-state index in [1.807, 2.05) is 35.2 Å². The first-order chi connectivity index (χ1) is 15.4. The third kappa shape index (κ3) is 3.25. The van der Waals surface area contributed by atoms with E-state index in [0.29, 0.717) is 17.9 Å². The number of hydrogen-bond donors (Lipinski definition) is 0. The molecule has 2 aromatic carbocycles. The lowest BCUT2D eigenvalue weighted by Crippen LogP contribution is -2.57. The van der Waals surface area contributed by atoms with Crippen molar-refractivity contribution in [1.82, 2.24) is 9.58 Å². The first-order valence-electron chi connectivity index (χ1n) is 11.0. The maximum absolute atomic E-state index is 13.4. The molecule has 1 atom stereocenters. The number of hydrogen-bond acceptors (Lipinski definition) is 4. The second-order valence-electron chi connectivity index (χ2n) is 8.88. The van der Waals surface area contributed by atoms with E-state index in [2.05, 4.69) is 54.4 Å². The molecule has 0 aliphatic carbocycles. The molecule has 3 aromatic rings. The van der Waals surface area contributed by atoms with Crippen LogP contribution in [0.1, 0.15) is 58.2 Å². The zero-order chi connectivity index (χ0) is 22.6. The molecule has 1 amide bonds. The molecule has 0 spiro atoms. The molecule has 2 aliphatic rings. The predicted molar refractivity (Wildman–Crippen MR) is 129 cm³/mol. The van der Waals surface area contributed by atoms with Crippen LogP contribution in [0.2, 0.25) is 0 Å². The fraction of sp³-hybridized carbons (Fsp3) is 0.308. The lowest BCUT2D eigenvalue weighted by molar-refractivity contribution is 0.0625. The van der Waals surface area contributed by atoms with Crippen LogP contribution in [-0.4, -0.2) is 28.2 Å². The third-order valence-corrected chi connectivity index (χ3v) is 7.61. The molecule has 0 bridgehead atoms. The van der Waals surface area contributed by atoms with Crippen LogP contribution < -0.4 is 10.4 Å². The quantitative estimate of drug-likeness (QED) is 0.577. The number of amides is 1. The highest BCUT2D eigenvalue weighted by atomic mass is 32.2. The summed E-state index contributed by atoms with van der Waals surface area (Å²) in [4.78, 5) is 29.0. The highest BCUT2D eigenvalue weighted by molar-refractivity contribution is 7.98. The summed E-state index contributed by atoms with van der Waals surface area (Å²) >= 11 is 1.86. The average Bonchev–Trinajstić information content (AvgIpc) is 2.93. The van der Waals surface area contributed by atoms with Crippen molar-refractivity contribution < 1.29 is 4.79 Å². The molecule has 6 heteroatoms. The van der Waals surface area contributed by atoms with Gasteiger partial charge in [-0.1, -0.05) is 42.0 Å². The molecule has 5 rings (SSSR count). The topological polar surface area (TPSA) is 45.6 Å². The van der Waals surface area contributed by atoms with E-state index in [-0.39, 0.29) is 23.4 Å². The van der Waals surface area contributed by atoms with E-state index in [1.165, 1.54) is 27.1 Å². The van der Waals surface area contributed by atoms with Gasteiger partial charge < -0.3 is 4.90 Å². The fourth-order valence-electron chi connectivity index (χ4n) is 4.72. The molecule has 0 N–H and O–H groups in total. The van der Waals surface area contributed by atoms with Crippen molar-refractivity contribution in [3.63, 3.8) is 0 Å². The molecule has 32 heavy (non-hydrogen) atoms. The number of nitrogens with zero attached hydrogens (tertiary/aromatic N) is 3. The van der Waals surface area contributed by atoms with Gasteiger partial charge in [-0.05, 0) is 50.5 Å². The number of benzene rings is 2. The summed E-state index contributed by atoms with van der Waals surface area (Å²) in [7, 11) is 0. The third-order valence-electron chi connectivity index (χ3n) is 6.47. The summed E-state index contributed by atoms with van der Waals surface area (Å²) in [5, 5.41) is 2.24. The monoisotopic (exact) mass is 445 g/mol. The molecule has 0 saturated carbocycles. The molecule has 1 unspecified atom stereocenters. The van der Waals surface area contributed by atoms with Crippen molar-refractivity contribution in [1.29, 1.82) is 0 Å². The van der Waals surface area contributed by atoms with Crippen LogP contribution >= 0.6 is 11.8 Å². The van der Waals surface area contributed by atoms with E-state index in [9.17, 15) is 9.59 Å². The Labute approximate surface area is 192 Å². The molecular weight excluding hydrogens is 418 g/mol. The minimum Gasteiger partial charge on any atom is -0.316 e. The van der Waals surface area contributed by atoms with Crippen LogP contribution in [0.3, 0.4) is 0 Å². The number of rotatable bonds is 2. The maximum atomic E-state index is 13.4. The first kappa shape index (κ1) is 20.9. The zero-order valence-electron chi connectivity index (χ0n) is 18.8. The number of pyridine rings is 1. The summed E-state index contributed by atoms with van der Waals surface area (Å²) < 4.78 is 1.92.